The van der Waals surface area contributed by atoms with E-state index in [9.17, 15) is 4.79 Å². The molecule has 0 radical (unpaired) electrons. The Bertz CT molecular complexity index is 411. The summed E-state index contributed by atoms with van der Waals surface area (Å²) in [5.74, 6) is 0.120. The maximum Gasteiger partial charge on any atom is 0.228 e. The van der Waals surface area contributed by atoms with Gasteiger partial charge in [-0.1, -0.05) is 0 Å². The van der Waals surface area contributed by atoms with Gasteiger partial charge in [0, 0.05) is 26.0 Å². The van der Waals surface area contributed by atoms with Gasteiger partial charge in [-0.15, -0.1) is 0 Å². The van der Waals surface area contributed by atoms with Crippen LogP contribution >= 0.6 is 0 Å². The van der Waals surface area contributed by atoms with E-state index in [1.807, 2.05) is 12.1 Å². The van der Waals surface area contributed by atoms with Crippen LogP contribution in [0.25, 0.3) is 0 Å². The molecule has 1 fully saturated rings. The molecule has 110 valence electrons. The fraction of sp³-hybridized carbons (Fsp3) is 0.600. The zero-order valence-corrected chi connectivity index (χ0v) is 12.0. The normalized spacial score (nSPS) is 17.6. The van der Waals surface area contributed by atoms with Gasteiger partial charge in [-0.2, -0.15) is 0 Å². The minimum atomic E-state index is -0.363. The van der Waals surface area contributed by atoms with E-state index < -0.39 is 0 Å². The van der Waals surface area contributed by atoms with E-state index in [0.717, 1.165) is 32.4 Å². The van der Waals surface area contributed by atoms with Crippen LogP contribution in [0, 0.1) is 5.41 Å². The number of hydrogen-bond donors (Lipinski definition) is 2. The van der Waals surface area contributed by atoms with Crippen LogP contribution in [0.2, 0.25) is 0 Å². The molecule has 1 amide bonds. The average molecular weight is 277 g/mol. The highest BCUT2D eigenvalue weighted by Gasteiger charge is 2.39. The fourth-order valence-electron chi connectivity index (χ4n) is 2.68. The van der Waals surface area contributed by atoms with Gasteiger partial charge in [0.15, 0.2) is 0 Å². The summed E-state index contributed by atoms with van der Waals surface area (Å²) in [6, 6.07) is 3.95. The molecule has 0 atom stereocenters. The maximum atomic E-state index is 12.5. The summed E-state index contributed by atoms with van der Waals surface area (Å²) >= 11 is 0. The van der Waals surface area contributed by atoms with E-state index in [4.69, 9.17) is 4.74 Å². The number of carbonyl (C=O) groups is 1. The van der Waals surface area contributed by atoms with E-state index in [-0.39, 0.29) is 11.3 Å². The number of nitrogens with one attached hydrogen (secondary N) is 2. The van der Waals surface area contributed by atoms with Crippen molar-refractivity contribution in [3.63, 3.8) is 0 Å². The first-order valence-electron chi connectivity index (χ1n) is 7.14. The zero-order chi connectivity index (χ0) is 14.3. The smallest absolute Gasteiger partial charge is 0.228 e. The number of aromatic nitrogens is 1. The number of rotatable bonds is 6. The average Bonchev–Trinajstić information content (AvgIpc) is 2.49. The Morgan fingerprint density at radius 1 is 1.40 bits per heavy atom. The van der Waals surface area contributed by atoms with Crippen molar-refractivity contribution in [2.45, 2.75) is 19.3 Å². The molecule has 5 nitrogen and oxygen atoms in total. The van der Waals surface area contributed by atoms with E-state index in [2.05, 4.69) is 15.6 Å². The molecule has 2 heterocycles. The summed E-state index contributed by atoms with van der Waals surface area (Å²) in [6.07, 6.45) is 6.05. The lowest BCUT2D eigenvalue weighted by Crippen LogP contribution is -2.50. The Kier molecular flexibility index (Phi) is 5.49. The van der Waals surface area contributed by atoms with E-state index in [0.29, 0.717) is 13.2 Å². The van der Waals surface area contributed by atoms with Gasteiger partial charge in [-0.25, -0.2) is 0 Å². The number of nitrogens with zero attached hydrogens (tertiary/aromatic N) is 1. The van der Waals surface area contributed by atoms with Gasteiger partial charge in [0.05, 0.1) is 12.0 Å². The standard InChI is InChI=1S/C15H23N3O2/c1-20-12-15(5-10-17-11-6-15)14(19)18-9-4-13-2-7-16-8-3-13/h2-3,7-8,17H,4-6,9-12H2,1H3,(H,18,19). The Morgan fingerprint density at radius 2 is 2.10 bits per heavy atom. The third kappa shape index (κ3) is 3.77. The number of pyridine rings is 1. The molecule has 0 unspecified atom stereocenters. The van der Waals surface area contributed by atoms with Crippen LogP contribution in [0.4, 0.5) is 0 Å². The van der Waals surface area contributed by atoms with Crippen molar-refractivity contribution in [2.75, 3.05) is 33.4 Å². The second-order valence-electron chi connectivity index (χ2n) is 5.32. The molecular formula is C15H23N3O2. The number of amides is 1. The van der Waals surface area contributed by atoms with Crippen molar-refractivity contribution in [2.24, 2.45) is 5.41 Å². The molecule has 1 aromatic rings. The van der Waals surface area contributed by atoms with Crippen molar-refractivity contribution in [3.05, 3.63) is 30.1 Å². The minimum Gasteiger partial charge on any atom is -0.384 e. The van der Waals surface area contributed by atoms with E-state index in [1.165, 1.54) is 5.56 Å². The Morgan fingerprint density at radius 3 is 2.75 bits per heavy atom. The van der Waals surface area contributed by atoms with Gasteiger partial charge in [0.2, 0.25) is 5.91 Å². The van der Waals surface area contributed by atoms with E-state index in [1.54, 1.807) is 19.5 Å². The SMILES string of the molecule is COCC1(C(=O)NCCc2ccncc2)CCNCC1. The highest BCUT2D eigenvalue weighted by Crippen LogP contribution is 2.29. The number of carbonyl (C=O) groups excluding carboxylic acids is 1. The maximum absolute atomic E-state index is 12.5. The quantitative estimate of drug-likeness (QED) is 0.806. The number of hydrogen-bond acceptors (Lipinski definition) is 4. The van der Waals surface area contributed by atoms with Gasteiger partial charge < -0.3 is 15.4 Å². The van der Waals surface area contributed by atoms with E-state index >= 15 is 0 Å². The first kappa shape index (κ1) is 14.9. The van der Waals surface area contributed by atoms with Crippen LogP contribution in [0.5, 0.6) is 0 Å². The van der Waals surface area contributed by atoms with Crippen LogP contribution in [0.1, 0.15) is 18.4 Å². The van der Waals surface area contributed by atoms with Crippen molar-refractivity contribution < 1.29 is 9.53 Å². The highest BCUT2D eigenvalue weighted by atomic mass is 16.5. The predicted molar refractivity (Wildman–Crippen MR) is 77.4 cm³/mol. The van der Waals surface area contributed by atoms with Crippen LogP contribution < -0.4 is 10.6 Å². The van der Waals surface area contributed by atoms with Gasteiger partial charge >= 0.3 is 0 Å². The van der Waals surface area contributed by atoms with Gasteiger partial charge in [-0.05, 0) is 50.0 Å². The topological polar surface area (TPSA) is 63.2 Å². The molecule has 0 spiro atoms. The largest absolute Gasteiger partial charge is 0.384 e. The zero-order valence-electron chi connectivity index (χ0n) is 12.0. The lowest BCUT2D eigenvalue weighted by atomic mass is 9.78. The third-order valence-corrected chi connectivity index (χ3v) is 3.91. The fourth-order valence-corrected chi connectivity index (χ4v) is 2.68. The molecule has 1 aliphatic heterocycles. The van der Waals surface area contributed by atoms with Crippen molar-refractivity contribution in [1.82, 2.24) is 15.6 Å². The Balaban J connectivity index is 1.85. The summed E-state index contributed by atoms with van der Waals surface area (Å²) in [5.41, 5.74) is 0.824. The molecule has 1 aliphatic rings. The van der Waals surface area contributed by atoms with Gasteiger partial charge in [0.25, 0.3) is 0 Å². The first-order chi connectivity index (χ1) is 9.77. The number of piperidine rings is 1. The molecule has 5 heteroatoms. The van der Waals surface area contributed by atoms with Crippen molar-refractivity contribution in [1.29, 1.82) is 0 Å². The van der Waals surface area contributed by atoms with Crippen LogP contribution in [0.3, 0.4) is 0 Å². The van der Waals surface area contributed by atoms with Gasteiger partial charge in [-0.3, -0.25) is 9.78 Å². The molecule has 2 rings (SSSR count). The molecule has 2 N–H and O–H groups in total. The second kappa shape index (κ2) is 7.36. The summed E-state index contributed by atoms with van der Waals surface area (Å²) in [6.45, 7) is 2.90. The van der Waals surface area contributed by atoms with Crippen molar-refractivity contribution >= 4 is 5.91 Å². The van der Waals surface area contributed by atoms with Crippen LogP contribution in [-0.4, -0.2) is 44.2 Å². The van der Waals surface area contributed by atoms with Crippen LogP contribution in [-0.2, 0) is 16.0 Å². The number of methoxy groups -OCH3 is 1. The Hall–Kier alpha value is -1.46. The summed E-state index contributed by atoms with van der Waals surface area (Å²) in [5, 5.41) is 6.35. The molecule has 1 saturated heterocycles. The van der Waals surface area contributed by atoms with Crippen molar-refractivity contribution in [3.8, 4) is 0 Å². The molecule has 20 heavy (non-hydrogen) atoms. The predicted octanol–water partition coefficient (Wildman–Crippen LogP) is 0.756. The second-order valence-corrected chi connectivity index (χ2v) is 5.32. The molecule has 0 aliphatic carbocycles. The molecule has 0 bridgehead atoms. The lowest BCUT2D eigenvalue weighted by Gasteiger charge is -2.35. The third-order valence-electron chi connectivity index (χ3n) is 3.91. The molecular weight excluding hydrogens is 254 g/mol. The number of ether oxygens (including phenoxy) is 1. The molecule has 1 aromatic heterocycles. The summed E-state index contributed by atoms with van der Waals surface area (Å²) < 4.78 is 5.27. The Labute approximate surface area is 120 Å². The van der Waals surface area contributed by atoms with Gasteiger partial charge in [0.1, 0.15) is 0 Å². The first-order valence-corrected chi connectivity index (χ1v) is 7.14. The highest BCUT2D eigenvalue weighted by molar-refractivity contribution is 5.83. The monoisotopic (exact) mass is 277 g/mol. The molecule has 0 saturated carbocycles. The molecule has 0 aromatic carbocycles. The minimum absolute atomic E-state index is 0.120. The summed E-state index contributed by atoms with van der Waals surface area (Å²) in [4.78, 5) is 16.5. The van der Waals surface area contributed by atoms with Crippen LogP contribution in [0.15, 0.2) is 24.5 Å². The summed E-state index contributed by atoms with van der Waals surface area (Å²) in [7, 11) is 1.66. The lowest BCUT2D eigenvalue weighted by molar-refractivity contribution is -0.136.